The van der Waals surface area contributed by atoms with Crippen molar-refractivity contribution in [2.24, 2.45) is 0 Å². The molecule has 0 fully saturated rings. The normalized spacial score (nSPS) is 12.9. The van der Waals surface area contributed by atoms with Crippen LogP contribution in [0.25, 0.3) is 34.4 Å². The Morgan fingerprint density at radius 3 is 1.76 bits per heavy atom. The minimum atomic E-state index is -0.634. The SMILES string of the molecule is CCOC(=O)C(Cc1ccc(OCCOC2c3cc(-c4ccccc4)ccc3C=Cc3ccc(-c4ccccc4)cc32)cc1)OC. The van der Waals surface area contributed by atoms with Crippen molar-refractivity contribution in [3.63, 3.8) is 0 Å². The quantitative estimate of drug-likeness (QED) is 0.104. The first-order valence-electron chi connectivity index (χ1n) is 15.7. The van der Waals surface area contributed by atoms with Crippen molar-refractivity contribution < 1.29 is 23.7 Å². The van der Waals surface area contributed by atoms with E-state index in [0.717, 1.165) is 44.7 Å². The average molecular weight is 611 g/mol. The van der Waals surface area contributed by atoms with E-state index in [-0.39, 0.29) is 12.1 Å². The number of hydrogen-bond donors (Lipinski definition) is 0. The maximum Gasteiger partial charge on any atom is 0.335 e. The van der Waals surface area contributed by atoms with Crippen LogP contribution < -0.4 is 4.74 Å². The number of methoxy groups -OCH3 is 1. The third kappa shape index (κ3) is 7.28. The lowest BCUT2D eigenvalue weighted by molar-refractivity contribution is -0.154. The standard InChI is InChI=1S/C41H38O5/c1-3-44-41(42)39(43-2)26-29-14-22-36(23-15-29)45-24-25-46-40-37-27-34(30-10-6-4-7-11-30)20-18-32(37)16-17-33-19-21-35(28-38(33)40)31-12-8-5-9-13-31/h4-23,27-28,39-40H,3,24-26H2,1-2H3. The number of ether oxygens (including phenoxy) is 4. The molecule has 0 amide bonds. The molecule has 0 radical (unpaired) electrons. The van der Waals surface area contributed by atoms with E-state index in [1.165, 1.54) is 18.2 Å². The summed E-state index contributed by atoms with van der Waals surface area (Å²) in [6, 6.07) is 41.8. The van der Waals surface area contributed by atoms with Gasteiger partial charge in [0, 0.05) is 13.5 Å². The summed E-state index contributed by atoms with van der Waals surface area (Å²) in [6.45, 7) is 2.89. The van der Waals surface area contributed by atoms with E-state index >= 15 is 0 Å². The van der Waals surface area contributed by atoms with Gasteiger partial charge in [0.1, 0.15) is 18.5 Å². The maximum absolute atomic E-state index is 12.1. The van der Waals surface area contributed by atoms with E-state index in [4.69, 9.17) is 18.9 Å². The van der Waals surface area contributed by atoms with Crippen molar-refractivity contribution in [2.75, 3.05) is 26.9 Å². The van der Waals surface area contributed by atoms with Gasteiger partial charge in [-0.2, -0.15) is 0 Å². The molecule has 6 rings (SSSR count). The fraction of sp³-hybridized carbons (Fsp3) is 0.195. The van der Waals surface area contributed by atoms with Crippen molar-refractivity contribution in [3.05, 3.63) is 149 Å². The number of fused-ring (bicyclic) bond motifs is 2. The molecular weight excluding hydrogens is 572 g/mol. The third-order valence-electron chi connectivity index (χ3n) is 8.21. The van der Waals surface area contributed by atoms with Crippen molar-refractivity contribution in [3.8, 4) is 28.0 Å². The van der Waals surface area contributed by atoms with E-state index < -0.39 is 6.10 Å². The van der Waals surface area contributed by atoms with Gasteiger partial charge in [0.15, 0.2) is 6.10 Å². The van der Waals surface area contributed by atoms with Crippen LogP contribution in [0.15, 0.2) is 121 Å². The van der Waals surface area contributed by atoms with Gasteiger partial charge in [-0.15, -0.1) is 0 Å². The van der Waals surface area contributed by atoms with Crippen LogP contribution in [0, 0.1) is 0 Å². The summed E-state index contributed by atoms with van der Waals surface area (Å²) in [7, 11) is 1.52. The second-order valence-corrected chi connectivity index (χ2v) is 11.2. The zero-order valence-electron chi connectivity index (χ0n) is 26.2. The Labute approximate surface area is 271 Å². The highest BCUT2D eigenvalue weighted by atomic mass is 16.6. The molecule has 1 unspecified atom stereocenters. The van der Waals surface area contributed by atoms with Crippen LogP contribution in [0.4, 0.5) is 0 Å². The largest absolute Gasteiger partial charge is 0.491 e. The maximum atomic E-state index is 12.1. The third-order valence-corrected chi connectivity index (χ3v) is 8.21. The van der Waals surface area contributed by atoms with Crippen molar-refractivity contribution >= 4 is 18.1 Å². The Morgan fingerprint density at radius 1 is 0.674 bits per heavy atom. The number of carbonyl (C=O) groups excluding carboxylic acids is 1. The summed E-state index contributed by atoms with van der Waals surface area (Å²) in [4.78, 5) is 12.1. The number of carbonyl (C=O) groups is 1. The molecule has 0 bridgehead atoms. The van der Waals surface area contributed by atoms with Crippen LogP contribution in [0.2, 0.25) is 0 Å². The first-order valence-corrected chi connectivity index (χ1v) is 15.7. The smallest absolute Gasteiger partial charge is 0.335 e. The first kappa shape index (κ1) is 31.0. The van der Waals surface area contributed by atoms with Crippen LogP contribution in [0.5, 0.6) is 5.75 Å². The molecule has 46 heavy (non-hydrogen) atoms. The molecule has 0 saturated carbocycles. The summed E-state index contributed by atoms with van der Waals surface area (Å²) in [6.07, 6.45) is 3.88. The van der Waals surface area contributed by atoms with Gasteiger partial charge in [0.2, 0.25) is 0 Å². The number of esters is 1. The summed E-state index contributed by atoms with van der Waals surface area (Å²) in [5.74, 6) is 0.379. The molecular formula is C41H38O5. The van der Waals surface area contributed by atoms with Crippen LogP contribution in [-0.4, -0.2) is 39.0 Å². The highest BCUT2D eigenvalue weighted by Crippen LogP contribution is 2.39. The van der Waals surface area contributed by atoms with E-state index in [2.05, 4.69) is 97.1 Å². The van der Waals surface area contributed by atoms with Crippen LogP contribution in [0.1, 0.15) is 40.8 Å². The molecule has 0 spiro atoms. The Kier molecular flexibility index (Phi) is 10.0. The lowest BCUT2D eigenvalue weighted by Gasteiger charge is -2.23. The Bertz CT molecular complexity index is 1680. The van der Waals surface area contributed by atoms with E-state index in [1.54, 1.807) is 6.92 Å². The zero-order chi connectivity index (χ0) is 31.7. The molecule has 1 atom stereocenters. The summed E-state index contributed by atoms with van der Waals surface area (Å²) in [5.41, 5.74) is 10.1. The lowest BCUT2D eigenvalue weighted by atomic mass is 9.91. The van der Waals surface area contributed by atoms with Crippen molar-refractivity contribution in [2.45, 2.75) is 25.6 Å². The van der Waals surface area contributed by atoms with Crippen LogP contribution in [-0.2, 0) is 25.4 Å². The minimum Gasteiger partial charge on any atom is -0.491 e. The summed E-state index contributed by atoms with van der Waals surface area (Å²) < 4.78 is 23.3. The minimum absolute atomic E-state index is 0.285. The summed E-state index contributed by atoms with van der Waals surface area (Å²) >= 11 is 0. The molecule has 5 nitrogen and oxygen atoms in total. The Balaban J connectivity index is 1.22. The van der Waals surface area contributed by atoms with Gasteiger partial charge in [0.05, 0.1) is 13.2 Å². The fourth-order valence-corrected chi connectivity index (χ4v) is 5.81. The van der Waals surface area contributed by atoms with Gasteiger partial charge < -0.3 is 18.9 Å². The molecule has 5 aromatic rings. The van der Waals surface area contributed by atoms with Gasteiger partial charge in [-0.05, 0) is 81.3 Å². The van der Waals surface area contributed by atoms with Gasteiger partial charge in [0.25, 0.3) is 0 Å². The molecule has 0 aliphatic heterocycles. The molecule has 5 heteroatoms. The molecule has 1 aliphatic rings. The fourth-order valence-electron chi connectivity index (χ4n) is 5.81. The monoisotopic (exact) mass is 610 g/mol. The van der Waals surface area contributed by atoms with E-state index in [9.17, 15) is 4.79 Å². The lowest BCUT2D eigenvalue weighted by Crippen LogP contribution is -2.27. The van der Waals surface area contributed by atoms with E-state index in [1.807, 2.05) is 36.4 Å². The second-order valence-electron chi connectivity index (χ2n) is 11.2. The molecule has 1 aliphatic carbocycles. The second kappa shape index (κ2) is 14.9. The first-order chi connectivity index (χ1) is 22.6. The van der Waals surface area contributed by atoms with Gasteiger partial charge in [-0.25, -0.2) is 4.79 Å². The Hall–Kier alpha value is -4.97. The average Bonchev–Trinajstić information content (AvgIpc) is 3.26. The highest BCUT2D eigenvalue weighted by molar-refractivity contribution is 5.80. The van der Waals surface area contributed by atoms with Crippen molar-refractivity contribution in [1.82, 2.24) is 0 Å². The molecule has 0 aromatic heterocycles. The van der Waals surface area contributed by atoms with Gasteiger partial charge in [-0.1, -0.05) is 109 Å². The molecule has 5 aromatic carbocycles. The highest BCUT2D eigenvalue weighted by Gasteiger charge is 2.24. The molecule has 0 N–H and O–H groups in total. The number of benzene rings is 5. The number of rotatable bonds is 12. The van der Waals surface area contributed by atoms with E-state index in [0.29, 0.717) is 26.2 Å². The van der Waals surface area contributed by atoms with Gasteiger partial charge in [-0.3, -0.25) is 0 Å². The zero-order valence-corrected chi connectivity index (χ0v) is 26.2. The number of hydrogen-bond acceptors (Lipinski definition) is 5. The van der Waals surface area contributed by atoms with Gasteiger partial charge >= 0.3 is 5.97 Å². The van der Waals surface area contributed by atoms with Crippen LogP contribution >= 0.6 is 0 Å². The topological polar surface area (TPSA) is 54.0 Å². The molecule has 0 heterocycles. The predicted molar refractivity (Wildman–Crippen MR) is 184 cm³/mol. The summed E-state index contributed by atoms with van der Waals surface area (Å²) in [5, 5.41) is 0. The Morgan fingerprint density at radius 2 is 1.24 bits per heavy atom. The van der Waals surface area contributed by atoms with Crippen LogP contribution in [0.3, 0.4) is 0 Å². The molecule has 232 valence electrons. The van der Waals surface area contributed by atoms with Crippen molar-refractivity contribution in [1.29, 1.82) is 0 Å². The predicted octanol–water partition coefficient (Wildman–Crippen LogP) is 8.81. The molecule has 0 saturated heterocycles.